The average Bonchev–Trinajstić information content (AvgIpc) is 3.05. The quantitative estimate of drug-likeness (QED) is 0.244. The van der Waals surface area contributed by atoms with Gasteiger partial charge in [0.15, 0.2) is 0 Å². The van der Waals surface area contributed by atoms with Gasteiger partial charge in [-0.2, -0.15) is 0 Å². The van der Waals surface area contributed by atoms with E-state index >= 15 is 0 Å². The lowest BCUT2D eigenvalue weighted by Gasteiger charge is -2.05. The molecule has 0 saturated heterocycles. The van der Waals surface area contributed by atoms with Crippen LogP contribution in [0.5, 0.6) is 0 Å². The van der Waals surface area contributed by atoms with Crippen LogP contribution in [0.3, 0.4) is 0 Å². The number of rotatable bonds is 4. The average molecular weight is 494 g/mol. The Kier molecular flexibility index (Phi) is 8.46. The standard InChI is InChI=1S/C20H20N4O.2BrH/c1-13(21)23-17-7-3-15(4-8-17)19-11-12-20(25-19)16-5-9-18(10-6-16)24-14(2)22;;/h3-12H,1-2H3,(H2,21,23)(H2,22,24);2*1H. The Balaban J connectivity index is 0.00000182. The predicted octanol–water partition coefficient (Wildman–Crippen LogP) is 6.59. The molecule has 3 rings (SSSR count). The van der Waals surface area contributed by atoms with Crippen LogP contribution >= 0.6 is 34.0 Å². The molecule has 0 bridgehead atoms. The fraction of sp³-hybridized carbons (Fsp3) is 0.100. The molecule has 3 aromatic rings. The fourth-order valence-corrected chi connectivity index (χ4v) is 2.52. The van der Waals surface area contributed by atoms with Crippen molar-refractivity contribution in [3.63, 3.8) is 0 Å². The Bertz CT molecular complexity index is 828. The number of nitrogens with one attached hydrogen (secondary N) is 4. The SMILES string of the molecule is Br.Br.CC(=N)Nc1ccc(-c2ccc(-c3ccc(NC(C)=N)cc3)o2)cc1. The second-order valence-electron chi connectivity index (χ2n) is 5.82. The van der Waals surface area contributed by atoms with Crippen molar-refractivity contribution < 1.29 is 4.42 Å². The minimum atomic E-state index is 0. The number of amidine groups is 2. The Morgan fingerprint density at radius 1 is 0.630 bits per heavy atom. The lowest BCUT2D eigenvalue weighted by Crippen LogP contribution is -2.04. The van der Waals surface area contributed by atoms with Gasteiger partial charge in [-0.3, -0.25) is 10.8 Å². The van der Waals surface area contributed by atoms with Gasteiger partial charge in [0, 0.05) is 22.5 Å². The molecule has 0 radical (unpaired) electrons. The Hall–Kier alpha value is -2.38. The van der Waals surface area contributed by atoms with Crippen LogP contribution in [-0.2, 0) is 0 Å². The highest BCUT2D eigenvalue weighted by molar-refractivity contribution is 8.93. The van der Waals surface area contributed by atoms with Crippen LogP contribution in [0.2, 0.25) is 0 Å². The Morgan fingerprint density at radius 3 is 1.26 bits per heavy atom. The number of benzene rings is 2. The molecule has 0 spiro atoms. The van der Waals surface area contributed by atoms with Crippen molar-refractivity contribution in [3.8, 4) is 22.6 Å². The third kappa shape index (κ3) is 6.08. The summed E-state index contributed by atoms with van der Waals surface area (Å²) in [7, 11) is 0. The third-order valence-electron chi connectivity index (χ3n) is 3.61. The van der Waals surface area contributed by atoms with Crippen LogP contribution in [0.15, 0.2) is 65.1 Å². The summed E-state index contributed by atoms with van der Waals surface area (Å²) in [6, 6.07) is 19.5. The van der Waals surface area contributed by atoms with Crippen molar-refractivity contribution in [2.45, 2.75) is 13.8 Å². The highest BCUT2D eigenvalue weighted by Crippen LogP contribution is 2.29. The smallest absolute Gasteiger partial charge is 0.134 e. The van der Waals surface area contributed by atoms with E-state index in [0.717, 1.165) is 34.0 Å². The maximum absolute atomic E-state index is 7.45. The third-order valence-corrected chi connectivity index (χ3v) is 3.61. The molecule has 0 fully saturated rings. The summed E-state index contributed by atoms with van der Waals surface area (Å²) in [6.45, 7) is 3.41. The maximum atomic E-state index is 7.45. The summed E-state index contributed by atoms with van der Waals surface area (Å²) in [5, 5.41) is 20.8. The van der Waals surface area contributed by atoms with E-state index in [1.54, 1.807) is 13.8 Å². The summed E-state index contributed by atoms with van der Waals surface area (Å²) < 4.78 is 5.97. The molecule has 0 atom stereocenters. The molecule has 27 heavy (non-hydrogen) atoms. The van der Waals surface area contributed by atoms with Gasteiger partial charge in [-0.15, -0.1) is 34.0 Å². The second kappa shape index (κ2) is 10.1. The highest BCUT2D eigenvalue weighted by atomic mass is 79.9. The molecule has 0 aliphatic heterocycles. The fourth-order valence-electron chi connectivity index (χ4n) is 2.52. The van der Waals surface area contributed by atoms with E-state index in [4.69, 9.17) is 15.2 Å². The van der Waals surface area contributed by atoms with Crippen molar-refractivity contribution >= 4 is 57.0 Å². The van der Waals surface area contributed by atoms with Gasteiger partial charge >= 0.3 is 0 Å². The van der Waals surface area contributed by atoms with Crippen LogP contribution in [0.4, 0.5) is 11.4 Å². The minimum absolute atomic E-state index is 0. The van der Waals surface area contributed by atoms with Gasteiger partial charge in [-0.25, -0.2) is 0 Å². The second-order valence-corrected chi connectivity index (χ2v) is 5.82. The van der Waals surface area contributed by atoms with Gasteiger partial charge in [-0.1, -0.05) is 0 Å². The maximum Gasteiger partial charge on any atom is 0.134 e. The van der Waals surface area contributed by atoms with Gasteiger partial charge < -0.3 is 15.1 Å². The van der Waals surface area contributed by atoms with Crippen molar-refractivity contribution in [3.05, 3.63) is 60.7 Å². The van der Waals surface area contributed by atoms with E-state index in [-0.39, 0.29) is 34.0 Å². The largest absolute Gasteiger partial charge is 0.456 e. The topological polar surface area (TPSA) is 84.9 Å². The van der Waals surface area contributed by atoms with Crippen LogP contribution < -0.4 is 10.6 Å². The zero-order chi connectivity index (χ0) is 17.8. The molecular weight excluding hydrogens is 472 g/mol. The highest BCUT2D eigenvalue weighted by Gasteiger charge is 2.07. The lowest BCUT2D eigenvalue weighted by atomic mass is 10.1. The zero-order valence-corrected chi connectivity index (χ0v) is 18.4. The molecule has 0 amide bonds. The normalized spacial score (nSPS) is 9.56. The van der Waals surface area contributed by atoms with E-state index in [2.05, 4.69) is 10.6 Å². The number of anilines is 2. The summed E-state index contributed by atoms with van der Waals surface area (Å²) in [4.78, 5) is 0. The summed E-state index contributed by atoms with van der Waals surface area (Å²) in [6.07, 6.45) is 0. The molecular formula is C20H22Br2N4O. The summed E-state index contributed by atoms with van der Waals surface area (Å²) >= 11 is 0. The van der Waals surface area contributed by atoms with Crippen molar-refractivity contribution in [2.24, 2.45) is 0 Å². The zero-order valence-electron chi connectivity index (χ0n) is 15.0. The van der Waals surface area contributed by atoms with Crippen LogP contribution in [0.25, 0.3) is 22.6 Å². The minimum Gasteiger partial charge on any atom is -0.456 e. The van der Waals surface area contributed by atoms with E-state index in [1.165, 1.54) is 0 Å². The number of halogens is 2. The van der Waals surface area contributed by atoms with Crippen LogP contribution in [0, 0.1) is 10.8 Å². The summed E-state index contributed by atoms with van der Waals surface area (Å²) in [5.74, 6) is 2.41. The van der Waals surface area contributed by atoms with Crippen molar-refractivity contribution in [1.29, 1.82) is 10.8 Å². The molecule has 0 aliphatic rings. The van der Waals surface area contributed by atoms with E-state index in [9.17, 15) is 0 Å². The molecule has 0 saturated carbocycles. The first kappa shape index (κ1) is 22.7. The monoisotopic (exact) mass is 492 g/mol. The molecule has 2 aromatic carbocycles. The molecule has 1 heterocycles. The predicted molar refractivity (Wildman–Crippen MR) is 124 cm³/mol. The van der Waals surface area contributed by atoms with Crippen molar-refractivity contribution in [1.82, 2.24) is 0 Å². The molecule has 1 aromatic heterocycles. The molecule has 0 unspecified atom stereocenters. The van der Waals surface area contributed by atoms with Crippen LogP contribution in [-0.4, -0.2) is 11.7 Å². The first-order valence-corrected chi connectivity index (χ1v) is 7.96. The van der Waals surface area contributed by atoms with E-state index in [1.807, 2.05) is 60.7 Å². The molecule has 5 nitrogen and oxygen atoms in total. The van der Waals surface area contributed by atoms with Crippen LogP contribution in [0.1, 0.15) is 13.8 Å². The lowest BCUT2D eigenvalue weighted by molar-refractivity contribution is 0.597. The van der Waals surface area contributed by atoms with Gasteiger partial charge in [0.25, 0.3) is 0 Å². The van der Waals surface area contributed by atoms with Crippen molar-refractivity contribution in [2.75, 3.05) is 10.6 Å². The van der Waals surface area contributed by atoms with E-state index < -0.39 is 0 Å². The Labute approximate surface area is 179 Å². The van der Waals surface area contributed by atoms with Gasteiger partial charge in [-0.05, 0) is 74.5 Å². The molecule has 142 valence electrons. The first-order valence-electron chi connectivity index (χ1n) is 7.96. The van der Waals surface area contributed by atoms with Gasteiger partial charge in [0.2, 0.25) is 0 Å². The number of hydrogen-bond donors (Lipinski definition) is 4. The molecule has 7 heteroatoms. The Morgan fingerprint density at radius 2 is 0.963 bits per heavy atom. The summed E-state index contributed by atoms with van der Waals surface area (Å²) in [5.41, 5.74) is 3.73. The molecule has 0 aliphatic carbocycles. The van der Waals surface area contributed by atoms with E-state index in [0.29, 0.717) is 11.7 Å². The molecule has 4 N–H and O–H groups in total. The first-order chi connectivity index (χ1) is 12.0. The van der Waals surface area contributed by atoms with Gasteiger partial charge in [0.05, 0.1) is 11.7 Å². The van der Waals surface area contributed by atoms with Gasteiger partial charge in [0.1, 0.15) is 11.5 Å². The number of furan rings is 1. The number of hydrogen-bond acceptors (Lipinski definition) is 3.